The van der Waals surface area contributed by atoms with Crippen LogP contribution in [0.3, 0.4) is 0 Å². The summed E-state index contributed by atoms with van der Waals surface area (Å²) in [5, 5.41) is 11.6. The van der Waals surface area contributed by atoms with Crippen molar-refractivity contribution in [2.75, 3.05) is 26.4 Å². The Balaban J connectivity index is 0.000000204. The van der Waals surface area contributed by atoms with Gasteiger partial charge in [0.1, 0.15) is 19.3 Å². The highest BCUT2D eigenvalue weighted by Gasteiger charge is 2.31. The van der Waals surface area contributed by atoms with Crippen LogP contribution in [0.2, 0.25) is 0 Å². The molecule has 0 saturated carbocycles. The molecule has 57 heavy (non-hydrogen) atoms. The molecule has 2 atom stereocenters. The fraction of sp³-hybridized carbons (Fsp3) is 0.378. The summed E-state index contributed by atoms with van der Waals surface area (Å²) >= 11 is 0. The fourth-order valence-electron chi connectivity index (χ4n) is 6.58. The number of carbonyl (C=O) groups excluding carboxylic acids is 3. The van der Waals surface area contributed by atoms with E-state index in [0.717, 1.165) is 22.3 Å². The van der Waals surface area contributed by atoms with E-state index in [4.69, 9.17) is 24.3 Å². The Kier molecular flexibility index (Phi) is 16.6. The number of benzene rings is 4. The van der Waals surface area contributed by atoms with Gasteiger partial charge in [-0.05, 0) is 70.2 Å². The standard InChI is InChI=1S/C20H21NO4.C17H17NO3.C8H17NO2/c1-12(2)18(19(22)23)21-20(24)25-11-17-15-9-5-3-7-13(15)14-8-4-6-10-16(14)17;1-2-21-18-17(19)20-11-16-14-9-5-3-7-12(14)13-8-4-6-10-15(13)16;1-5-11-9-8(10)7(4)6(2)3/h3-10,12,17-18H,11H2,1-2H3,(H,21,24)(H,22,23);3-10,16H,2,11H2,1H3,(H,18,19);6-7H,5H2,1-4H3,(H,9,10). The maximum atomic E-state index is 12.0. The van der Waals surface area contributed by atoms with Crippen molar-refractivity contribution in [2.24, 2.45) is 17.8 Å². The van der Waals surface area contributed by atoms with Gasteiger partial charge in [0.25, 0.3) is 0 Å². The number of nitrogens with one attached hydrogen (secondary N) is 3. The van der Waals surface area contributed by atoms with Crippen LogP contribution in [0.5, 0.6) is 0 Å². The summed E-state index contributed by atoms with van der Waals surface area (Å²) in [5.41, 5.74) is 14.0. The van der Waals surface area contributed by atoms with E-state index in [1.807, 2.05) is 88.4 Å². The molecule has 0 spiro atoms. The predicted molar refractivity (Wildman–Crippen MR) is 218 cm³/mol. The summed E-state index contributed by atoms with van der Waals surface area (Å²) < 4.78 is 10.6. The molecule has 2 unspecified atom stereocenters. The predicted octanol–water partition coefficient (Wildman–Crippen LogP) is 8.46. The van der Waals surface area contributed by atoms with Crippen molar-refractivity contribution in [3.05, 3.63) is 119 Å². The van der Waals surface area contributed by atoms with E-state index in [0.29, 0.717) is 25.7 Å². The van der Waals surface area contributed by atoms with Gasteiger partial charge in [-0.1, -0.05) is 132 Å². The van der Waals surface area contributed by atoms with Crippen LogP contribution in [0, 0.1) is 17.8 Å². The average molecular weight is 782 g/mol. The molecule has 12 heteroatoms. The minimum absolute atomic E-state index is 0.0153. The van der Waals surface area contributed by atoms with E-state index in [2.05, 4.69) is 52.7 Å². The first-order valence-corrected chi connectivity index (χ1v) is 19.4. The van der Waals surface area contributed by atoms with Gasteiger partial charge in [0.2, 0.25) is 5.91 Å². The Hall–Kier alpha value is -5.72. The van der Waals surface area contributed by atoms with Crippen molar-refractivity contribution in [1.29, 1.82) is 0 Å². The normalized spacial score (nSPS) is 13.3. The molecule has 6 rings (SSSR count). The summed E-state index contributed by atoms with van der Waals surface area (Å²) in [7, 11) is 0. The van der Waals surface area contributed by atoms with E-state index in [1.165, 1.54) is 22.3 Å². The topological polar surface area (TPSA) is 162 Å². The second-order valence-corrected chi connectivity index (χ2v) is 14.3. The number of carboxylic acids is 1. The first kappa shape index (κ1) is 44.0. The van der Waals surface area contributed by atoms with Crippen LogP contribution in [-0.4, -0.2) is 61.6 Å². The monoisotopic (exact) mass is 781 g/mol. The molecule has 4 aromatic carbocycles. The zero-order valence-corrected chi connectivity index (χ0v) is 33.7. The lowest BCUT2D eigenvalue weighted by molar-refractivity contribution is -0.140. The lowest BCUT2D eigenvalue weighted by Crippen LogP contribution is -2.44. The third-order valence-electron chi connectivity index (χ3n) is 9.92. The highest BCUT2D eigenvalue weighted by Crippen LogP contribution is 2.45. The quantitative estimate of drug-likeness (QED) is 0.0976. The number of fused-ring (bicyclic) bond motifs is 6. The third-order valence-corrected chi connectivity index (χ3v) is 9.92. The second kappa shape index (κ2) is 21.5. The minimum Gasteiger partial charge on any atom is -0.480 e. The molecule has 4 N–H and O–H groups in total. The number of alkyl carbamates (subject to hydrolysis) is 1. The van der Waals surface area contributed by atoms with Crippen LogP contribution in [0.1, 0.15) is 82.6 Å². The molecule has 2 aliphatic carbocycles. The molecule has 0 saturated heterocycles. The Labute approximate surface area is 335 Å². The molecule has 12 nitrogen and oxygen atoms in total. The zero-order chi connectivity index (χ0) is 41.5. The highest BCUT2D eigenvalue weighted by atomic mass is 16.7. The molecule has 2 aliphatic rings. The maximum absolute atomic E-state index is 12.0. The van der Waals surface area contributed by atoms with Gasteiger partial charge in [0, 0.05) is 17.8 Å². The molecule has 4 aromatic rings. The van der Waals surface area contributed by atoms with Gasteiger partial charge >= 0.3 is 18.2 Å². The molecule has 3 amide bonds. The molecule has 304 valence electrons. The Bertz CT molecular complexity index is 1870. The molecular weight excluding hydrogens is 727 g/mol. The van der Waals surface area contributed by atoms with Crippen LogP contribution >= 0.6 is 0 Å². The van der Waals surface area contributed by atoms with Crippen LogP contribution < -0.4 is 16.3 Å². The Morgan fingerprint density at radius 2 is 0.930 bits per heavy atom. The molecule has 0 bridgehead atoms. The number of hydroxylamine groups is 2. The summed E-state index contributed by atoms with van der Waals surface area (Å²) in [6.45, 7) is 14.4. The first-order valence-electron chi connectivity index (χ1n) is 19.4. The first-order chi connectivity index (χ1) is 27.4. The van der Waals surface area contributed by atoms with Gasteiger partial charge in [-0.3, -0.25) is 14.5 Å². The SMILES string of the molecule is CC(C)C(NC(=O)OCC1c2ccccc2-c2ccccc21)C(=O)O.CCONC(=O)C(C)C(C)C.CCONC(=O)OCC1c2ccccc2-c2ccccc21. The van der Waals surface area contributed by atoms with E-state index in [1.54, 1.807) is 20.8 Å². The van der Waals surface area contributed by atoms with Crippen molar-refractivity contribution in [3.63, 3.8) is 0 Å². The van der Waals surface area contributed by atoms with E-state index >= 15 is 0 Å². The highest BCUT2D eigenvalue weighted by molar-refractivity contribution is 5.82. The van der Waals surface area contributed by atoms with Crippen LogP contribution in [0.4, 0.5) is 9.59 Å². The minimum atomic E-state index is -1.07. The van der Waals surface area contributed by atoms with Gasteiger partial charge in [0.05, 0.1) is 13.2 Å². The molecular formula is C45H55N3O9. The number of rotatable bonds is 13. The van der Waals surface area contributed by atoms with Gasteiger partial charge in [0.15, 0.2) is 0 Å². The fourth-order valence-corrected chi connectivity index (χ4v) is 6.58. The Morgan fingerprint density at radius 1 is 0.561 bits per heavy atom. The van der Waals surface area contributed by atoms with Crippen molar-refractivity contribution in [3.8, 4) is 22.3 Å². The van der Waals surface area contributed by atoms with Gasteiger partial charge in [-0.25, -0.2) is 19.9 Å². The zero-order valence-electron chi connectivity index (χ0n) is 33.7. The summed E-state index contributed by atoms with van der Waals surface area (Å²) in [5.74, 6) is -0.925. The van der Waals surface area contributed by atoms with Gasteiger partial charge < -0.3 is 19.9 Å². The summed E-state index contributed by atoms with van der Waals surface area (Å²) in [4.78, 5) is 55.5. The van der Waals surface area contributed by atoms with Crippen molar-refractivity contribution in [2.45, 2.75) is 66.3 Å². The summed E-state index contributed by atoms with van der Waals surface area (Å²) in [6.07, 6.45) is -1.26. The number of hydrogen-bond acceptors (Lipinski definition) is 8. The van der Waals surface area contributed by atoms with Crippen molar-refractivity contribution < 1.29 is 43.4 Å². The van der Waals surface area contributed by atoms with E-state index in [-0.39, 0.29) is 36.2 Å². The van der Waals surface area contributed by atoms with Crippen molar-refractivity contribution >= 4 is 24.1 Å². The molecule has 0 fully saturated rings. The maximum Gasteiger partial charge on any atom is 0.431 e. The van der Waals surface area contributed by atoms with E-state index < -0.39 is 24.2 Å². The average Bonchev–Trinajstić information content (AvgIpc) is 3.71. The number of hydrogen-bond donors (Lipinski definition) is 4. The third kappa shape index (κ3) is 11.7. The summed E-state index contributed by atoms with van der Waals surface area (Å²) in [6, 6.07) is 31.6. The second-order valence-electron chi connectivity index (χ2n) is 14.3. The number of aliphatic carboxylic acids is 1. The number of carbonyl (C=O) groups is 4. The lowest BCUT2D eigenvalue weighted by atomic mass is 9.98. The van der Waals surface area contributed by atoms with Crippen LogP contribution in [0.15, 0.2) is 97.1 Å². The molecule has 0 heterocycles. The van der Waals surface area contributed by atoms with Gasteiger partial charge in [-0.15, -0.1) is 0 Å². The lowest BCUT2D eigenvalue weighted by Gasteiger charge is -2.19. The van der Waals surface area contributed by atoms with Crippen molar-refractivity contribution in [1.82, 2.24) is 16.3 Å². The Morgan fingerprint density at radius 3 is 1.28 bits per heavy atom. The van der Waals surface area contributed by atoms with E-state index in [9.17, 15) is 19.2 Å². The smallest absolute Gasteiger partial charge is 0.431 e. The number of ether oxygens (including phenoxy) is 2. The van der Waals surface area contributed by atoms with Crippen LogP contribution in [-0.2, 0) is 28.7 Å². The van der Waals surface area contributed by atoms with Gasteiger partial charge in [-0.2, -0.15) is 5.48 Å². The number of carboxylic acid groups (broad SMARTS) is 1. The van der Waals surface area contributed by atoms with Crippen LogP contribution in [0.25, 0.3) is 22.3 Å². The molecule has 0 aliphatic heterocycles. The number of amides is 3. The molecule has 0 radical (unpaired) electrons. The largest absolute Gasteiger partial charge is 0.480 e. The molecule has 0 aromatic heterocycles.